The molecule has 1 heterocycles. The quantitative estimate of drug-likeness (QED) is 0.764. The molecular formula is C13H23NS. The Morgan fingerprint density at radius 3 is 2.33 bits per heavy atom. The molecule has 0 spiro atoms. The summed E-state index contributed by atoms with van der Waals surface area (Å²) in [7, 11) is 0. The van der Waals surface area contributed by atoms with Gasteiger partial charge in [0.05, 0.1) is 0 Å². The average molecular weight is 225 g/mol. The molecule has 0 saturated carbocycles. The summed E-state index contributed by atoms with van der Waals surface area (Å²) in [6.07, 6.45) is 2.50. The van der Waals surface area contributed by atoms with Gasteiger partial charge in [0.2, 0.25) is 0 Å². The van der Waals surface area contributed by atoms with Crippen LogP contribution in [0, 0.1) is 5.92 Å². The fourth-order valence-corrected chi connectivity index (χ4v) is 2.92. The molecule has 0 aliphatic rings. The van der Waals surface area contributed by atoms with Gasteiger partial charge in [-0.2, -0.15) is 0 Å². The van der Waals surface area contributed by atoms with Crippen LogP contribution in [0.4, 0.5) is 0 Å². The lowest BCUT2D eigenvalue weighted by atomic mass is 9.92. The topological polar surface area (TPSA) is 12.0 Å². The maximum atomic E-state index is 3.69. The first-order valence-corrected chi connectivity index (χ1v) is 6.86. The molecule has 0 aromatic carbocycles. The van der Waals surface area contributed by atoms with Crippen molar-refractivity contribution in [2.24, 2.45) is 5.92 Å². The predicted octanol–water partition coefficient (Wildman–Crippen LogP) is 4.22. The van der Waals surface area contributed by atoms with E-state index in [4.69, 9.17) is 0 Å². The van der Waals surface area contributed by atoms with Crippen molar-refractivity contribution >= 4 is 11.3 Å². The van der Waals surface area contributed by atoms with Gasteiger partial charge in [-0.25, -0.2) is 0 Å². The summed E-state index contributed by atoms with van der Waals surface area (Å²) in [5.74, 6) is 0.756. The Morgan fingerprint density at radius 2 is 1.93 bits per heavy atom. The number of rotatable bonds is 6. The second-order valence-corrected chi connectivity index (χ2v) is 5.37. The monoisotopic (exact) mass is 225 g/mol. The summed E-state index contributed by atoms with van der Waals surface area (Å²) >= 11 is 1.87. The summed E-state index contributed by atoms with van der Waals surface area (Å²) in [4.78, 5) is 1.48. The van der Waals surface area contributed by atoms with E-state index in [9.17, 15) is 0 Å². The van der Waals surface area contributed by atoms with Gasteiger partial charge >= 0.3 is 0 Å². The molecule has 0 radical (unpaired) electrons. The zero-order valence-electron chi connectivity index (χ0n) is 10.3. The van der Waals surface area contributed by atoms with Crippen LogP contribution in [0.25, 0.3) is 0 Å². The highest BCUT2D eigenvalue weighted by molar-refractivity contribution is 7.10. The Bertz CT molecular complexity index is 250. The zero-order chi connectivity index (χ0) is 11.3. The summed E-state index contributed by atoms with van der Waals surface area (Å²) in [5, 5.41) is 5.87. The van der Waals surface area contributed by atoms with Crippen molar-refractivity contribution in [3.63, 3.8) is 0 Å². The van der Waals surface area contributed by atoms with Crippen molar-refractivity contribution in [3.05, 3.63) is 22.4 Å². The van der Waals surface area contributed by atoms with Crippen LogP contribution in [-0.2, 0) is 0 Å². The van der Waals surface area contributed by atoms with E-state index in [1.165, 1.54) is 17.7 Å². The highest BCUT2D eigenvalue weighted by Crippen LogP contribution is 2.30. The lowest BCUT2D eigenvalue weighted by Gasteiger charge is -2.27. The molecule has 1 rings (SSSR count). The van der Waals surface area contributed by atoms with Crippen LogP contribution in [0.1, 0.15) is 51.5 Å². The third kappa shape index (κ3) is 3.62. The second-order valence-electron chi connectivity index (χ2n) is 4.39. The van der Waals surface area contributed by atoms with Crippen LogP contribution >= 0.6 is 11.3 Å². The smallest absolute Gasteiger partial charge is 0.0445 e. The minimum absolute atomic E-state index is 0.542. The second kappa shape index (κ2) is 6.29. The molecule has 1 unspecified atom stereocenters. The number of hydrogen-bond acceptors (Lipinski definition) is 2. The van der Waals surface area contributed by atoms with E-state index in [0.717, 1.165) is 5.92 Å². The highest BCUT2D eigenvalue weighted by atomic mass is 32.1. The van der Waals surface area contributed by atoms with Gasteiger partial charge in [-0.3, -0.25) is 0 Å². The van der Waals surface area contributed by atoms with Crippen LogP contribution in [0.15, 0.2) is 17.5 Å². The van der Waals surface area contributed by atoms with Crippen LogP contribution in [0.5, 0.6) is 0 Å². The van der Waals surface area contributed by atoms with Gasteiger partial charge in [0, 0.05) is 17.0 Å². The van der Waals surface area contributed by atoms with Gasteiger partial charge in [0.15, 0.2) is 0 Å². The number of nitrogens with one attached hydrogen (secondary N) is 1. The van der Waals surface area contributed by atoms with Gasteiger partial charge in [-0.15, -0.1) is 11.3 Å². The minimum Gasteiger partial charge on any atom is -0.307 e. The zero-order valence-corrected chi connectivity index (χ0v) is 11.1. The highest BCUT2D eigenvalue weighted by Gasteiger charge is 2.21. The van der Waals surface area contributed by atoms with E-state index in [-0.39, 0.29) is 0 Å². The largest absolute Gasteiger partial charge is 0.307 e. The number of thiophene rings is 1. The van der Waals surface area contributed by atoms with Crippen LogP contribution in [0.2, 0.25) is 0 Å². The predicted molar refractivity (Wildman–Crippen MR) is 69.4 cm³/mol. The Balaban J connectivity index is 2.77. The Morgan fingerprint density at radius 1 is 1.27 bits per heavy atom. The van der Waals surface area contributed by atoms with Crippen LogP contribution < -0.4 is 5.32 Å². The van der Waals surface area contributed by atoms with E-state index in [1.807, 2.05) is 11.3 Å². The molecule has 86 valence electrons. The molecule has 1 nitrogen and oxygen atoms in total. The standard InChI is InChI=1S/C13H23NS/c1-5-11(6-2)13(14-10(3)4)12-8-7-9-15-12/h7-11,13-14H,5-6H2,1-4H3. The van der Waals surface area contributed by atoms with Gasteiger partial charge < -0.3 is 5.32 Å². The molecule has 1 atom stereocenters. The molecule has 1 aromatic rings. The van der Waals surface area contributed by atoms with E-state index in [1.54, 1.807) is 0 Å². The molecule has 15 heavy (non-hydrogen) atoms. The maximum Gasteiger partial charge on any atom is 0.0445 e. The normalized spacial score (nSPS) is 13.7. The fraction of sp³-hybridized carbons (Fsp3) is 0.692. The first-order chi connectivity index (χ1) is 7.19. The van der Waals surface area contributed by atoms with Gasteiger partial charge in [-0.1, -0.05) is 46.6 Å². The summed E-state index contributed by atoms with van der Waals surface area (Å²) in [6, 6.07) is 5.50. The third-order valence-corrected chi connectivity index (χ3v) is 3.84. The van der Waals surface area contributed by atoms with Gasteiger partial charge in [0.25, 0.3) is 0 Å². The van der Waals surface area contributed by atoms with Gasteiger partial charge in [-0.05, 0) is 17.4 Å². The molecule has 0 fully saturated rings. The molecule has 1 aromatic heterocycles. The average Bonchev–Trinajstić information content (AvgIpc) is 2.70. The molecule has 0 saturated heterocycles. The molecule has 0 amide bonds. The molecule has 0 bridgehead atoms. The lowest BCUT2D eigenvalue weighted by molar-refractivity contribution is 0.325. The van der Waals surface area contributed by atoms with Crippen molar-refractivity contribution in [2.75, 3.05) is 0 Å². The minimum atomic E-state index is 0.542. The Hall–Kier alpha value is -0.340. The van der Waals surface area contributed by atoms with E-state index < -0.39 is 0 Å². The molecule has 0 aliphatic heterocycles. The van der Waals surface area contributed by atoms with Crippen molar-refractivity contribution in [1.29, 1.82) is 0 Å². The molecule has 2 heteroatoms. The fourth-order valence-electron chi connectivity index (χ4n) is 2.04. The first-order valence-electron chi connectivity index (χ1n) is 5.98. The summed E-state index contributed by atoms with van der Waals surface area (Å²) < 4.78 is 0. The van der Waals surface area contributed by atoms with Crippen molar-refractivity contribution < 1.29 is 0 Å². The van der Waals surface area contributed by atoms with Crippen molar-refractivity contribution in [3.8, 4) is 0 Å². The van der Waals surface area contributed by atoms with Crippen LogP contribution in [-0.4, -0.2) is 6.04 Å². The van der Waals surface area contributed by atoms with E-state index >= 15 is 0 Å². The Labute approximate surface area is 97.9 Å². The van der Waals surface area contributed by atoms with Crippen molar-refractivity contribution in [1.82, 2.24) is 5.32 Å². The molecule has 1 N–H and O–H groups in total. The Kier molecular flexibility index (Phi) is 5.34. The lowest BCUT2D eigenvalue weighted by Crippen LogP contribution is -2.32. The number of hydrogen-bond donors (Lipinski definition) is 1. The van der Waals surface area contributed by atoms with E-state index in [0.29, 0.717) is 12.1 Å². The van der Waals surface area contributed by atoms with Gasteiger partial charge in [0.1, 0.15) is 0 Å². The first kappa shape index (κ1) is 12.7. The van der Waals surface area contributed by atoms with Crippen LogP contribution in [0.3, 0.4) is 0 Å². The third-order valence-electron chi connectivity index (χ3n) is 2.88. The van der Waals surface area contributed by atoms with Crippen molar-refractivity contribution in [2.45, 2.75) is 52.6 Å². The molecular weight excluding hydrogens is 202 g/mol. The molecule has 0 aliphatic carbocycles. The SMILES string of the molecule is CCC(CC)C(NC(C)C)c1cccs1. The summed E-state index contributed by atoms with van der Waals surface area (Å²) in [6.45, 7) is 9.03. The summed E-state index contributed by atoms with van der Waals surface area (Å²) in [5.41, 5.74) is 0. The van der Waals surface area contributed by atoms with E-state index in [2.05, 4.69) is 50.5 Å². The maximum absolute atomic E-state index is 3.69.